The van der Waals surface area contributed by atoms with Crippen molar-refractivity contribution in [2.24, 2.45) is 0 Å². The monoisotopic (exact) mass is 311 g/mol. The Morgan fingerprint density at radius 2 is 1.85 bits per heavy atom. The number of nitrogens with zero attached hydrogens (tertiary/aromatic N) is 2. The van der Waals surface area contributed by atoms with Crippen LogP contribution < -0.4 is 10.2 Å². The topological polar surface area (TPSA) is 28.2 Å². The van der Waals surface area contributed by atoms with E-state index < -0.39 is 0 Å². The molecule has 0 amide bonds. The molecular formula is C15H19Cl2N3. The molecule has 1 N–H and O–H groups in total. The van der Waals surface area contributed by atoms with Gasteiger partial charge in [0, 0.05) is 48.0 Å². The molecule has 1 aromatic carbocycles. The highest BCUT2D eigenvalue weighted by Crippen LogP contribution is 2.31. The first-order valence-corrected chi connectivity index (χ1v) is 7.06. The first-order valence-electron chi connectivity index (χ1n) is 6.68. The van der Waals surface area contributed by atoms with Crippen molar-refractivity contribution in [2.75, 3.05) is 31.1 Å². The molecule has 20 heavy (non-hydrogen) atoms. The van der Waals surface area contributed by atoms with Gasteiger partial charge in [0.1, 0.15) is 0 Å². The van der Waals surface area contributed by atoms with E-state index in [2.05, 4.69) is 35.1 Å². The summed E-state index contributed by atoms with van der Waals surface area (Å²) in [6.45, 7) is 8.25. The first kappa shape index (κ1) is 15.4. The second kappa shape index (κ2) is 6.17. The Bertz CT molecular complexity index is 622. The van der Waals surface area contributed by atoms with Crippen molar-refractivity contribution in [3.05, 3.63) is 34.5 Å². The van der Waals surface area contributed by atoms with Gasteiger partial charge >= 0.3 is 0 Å². The molecule has 1 saturated heterocycles. The van der Waals surface area contributed by atoms with Crippen molar-refractivity contribution in [1.29, 1.82) is 0 Å². The zero-order valence-electron chi connectivity index (χ0n) is 11.7. The summed E-state index contributed by atoms with van der Waals surface area (Å²) < 4.78 is 0. The highest BCUT2D eigenvalue weighted by atomic mass is 35.5. The van der Waals surface area contributed by atoms with Gasteiger partial charge in [-0.1, -0.05) is 11.6 Å². The quantitative estimate of drug-likeness (QED) is 0.875. The third-order valence-corrected chi connectivity index (χ3v) is 3.85. The number of halogens is 2. The Kier molecular flexibility index (Phi) is 4.74. The Hall–Kier alpha value is -1.03. The molecule has 0 aliphatic carbocycles. The highest BCUT2D eigenvalue weighted by molar-refractivity contribution is 6.31. The van der Waals surface area contributed by atoms with Crippen LogP contribution >= 0.6 is 24.0 Å². The van der Waals surface area contributed by atoms with Crippen LogP contribution in [-0.2, 0) is 0 Å². The van der Waals surface area contributed by atoms with E-state index in [1.54, 1.807) is 0 Å². The number of aromatic nitrogens is 1. The van der Waals surface area contributed by atoms with E-state index in [1.165, 1.54) is 5.69 Å². The van der Waals surface area contributed by atoms with Gasteiger partial charge in [-0.3, -0.25) is 4.98 Å². The maximum atomic E-state index is 6.22. The summed E-state index contributed by atoms with van der Waals surface area (Å²) >= 11 is 6.22. The van der Waals surface area contributed by atoms with Gasteiger partial charge in [-0.2, -0.15) is 0 Å². The van der Waals surface area contributed by atoms with Crippen molar-refractivity contribution < 1.29 is 0 Å². The summed E-state index contributed by atoms with van der Waals surface area (Å²) in [4.78, 5) is 7.09. The zero-order chi connectivity index (χ0) is 13.4. The number of benzene rings is 1. The lowest BCUT2D eigenvalue weighted by Gasteiger charge is -2.30. The molecule has 2 heterocycles. The molecule has 0 unspecified atom stereocenters. The largest absolute Gasteiger partial charge is 0.368 e. The maximum Gasteiger partial charge on any atom is 0.0756 e. The summed E-state index contributed by atoms with van der Waals surface area (Å²) in [5.74, 6) is 0. The lowest BCUT2D eigenvalue weighted by molar-refractivity contribution is 0.590. The molecule has 0 saturated carbocycles. The van der Waals surface area contributed by atoms with Crippen molar-refractivity contribution in [2.45, 2.75) is 13.8 Å². The third kappa shape index (κ3) is 2.85. The Morgan fingerprint density at radius 3 is 2.55 bits per heavy atom. The summed E-state index contributed by atoms with van der Waals surface area (Å²) in [6.07, 6.45) is 0. The molecule has 0 radical (unpaired) electrons. The van der Waals surface area contributed by atoms with Crippen molar-refractivity contribution >= 4 is 40.6 Å². The maximum absolute atomic E-state index is 6.22. The molecule has 0 spiro atoms. The van der Waals surface area contributed by atoms with Gasteiger partial charge in [0.15, 0.2) is 0 Å². The van der Waals surface area contributed by atoms with Crippen LogP contribution in [0.3, 0.4) is 0 Å². The number of anilines is 1. The predicted octanol–water partition coefficient (Wildman–Crippen LogP) is 3.34. The molecule has 3 nitrogen and oxygen atoms in total. The smallest absolute Gasteiger partial charge is 0.0756 e. The molecule has 108 valence electrons. The third-order valence-electron chi connectivity index (χ3n) is 3.63. The number of nitrogens with one attached hydrogen (secondary N) is 1. The average molecular weight is 312 g/mol. The first-order chi connectivity index (χ1) is 9.15. The molecular weight excluding hydrogens is 293 g/mol. The fourth-order valence-electron chi connectivity index (χ4n) is 2.73. The molecule has 5 heteroatoms. The number of pyridine rings is 1. The van der Waals surface area contributed by atoms with Gasteiger partial charge in [-0.15, -0.1) is 12.4 Å². The van der Waals surface area contributed by atoms with E-state index in [9.17, 15) is 0 Å². The minimum Gasteiger partial charge on any atom is -0.368 e. The van der Waals surface area contributed by atoms with E-state index in [0.717, 1.165) is 53.4 Å². The molecule has 0 bridgehead atoms. The molecule has 1 aliphatic heterocycles. The summed E-state index contributed by atoms with van der Waals surface area (Å²) in [5, 5.41) is 5.34. The molecule has 3 rings (SSSR count). The van der Waals surface area contributed by atoms with Gasteiger partial charge in [0.05, 0.1) is 5.52 Å². The number of fused-ring (bicyclic) bond motifs is 1. The zero-order valence-corrected chi connectivity index (χ0v) is 13.3. The standard InChI is InChI=1S/C15H18ClN3.ClH/c1-10-7-12(16)9-13-14(8-11(2)18-15(10)13)19-5-3-17-4-6-19;/h7-9,17H,3-6H2,1-2H3;1H. The second-order valence-corrected chi connectivity index (χ2v) is 5.58. The van der Waals surface area contributed by atoms with E-state index in [1.807, 2.05) is 12.1 Å². The van der Waals surface area contributed by atoms with Crippen LogP contribution in [0.5, 0.6) is 0 Å². The number of aryl methyl sites for hydroxylation is 2. The number of rotatable bonds is 1. The number of piperazine rings is 1. The fourth-order valence-corrected chi connectivity index (χ4v) is 3.00. The van der Waals surface area contributed by atoms with E-state index in [4.69, 9.17) is 11.6 Å². The van der Waals surface area contributed by atoms with E-state index >= 15 is 0 Å². The van der Waals surface area contributed by atoms with Gasteiger partial charge in [-0.05, 0) is 37.6 Å². The van der Waals surface area contributed by atoms with Crippen molar-refractivity contribution in [1.82, 2.24) is 10.3 Å². The predicted molar refractivity (Wildman–Crippen MR) is 88.6 cm³/mol. The van der Waals surface area contributed by atoms with Crippen LogP contribution in [0.1, 0.15) is 11.3 Å². The summed E-state index contributed by atoms with van der Waals surface area (Å²) in [5.41, 5.74) is 4.53. The van der Waals surface area contributed by atoms with Crippen LogP contribution in [0.25, 0.3) is 10.9 Å². The minimum absolute atomic E-state index is 0. The van der Waals surface area contributed by atoms with Crippen LogP contribution in [0, 0.1) is 13.8 Å². The SMILES string of the molecule is Cc1cc(N2CCNCC2)c2cc(Cl)cc(C)c2n1.Cl. The second-order valence-electron chi connectivity index (χ2n) is 5.14. The number of hydrogen-bond donors (Lipinski definition) is 1. The molecule has 2 aromatic rings. The van der Waals surface area contributed by atoms with Gasteiger partial charge in [0.25, 0.3) is 0 Å². The number of hydrogen-bond acceptors (Lipinski definition) is 3. The van der Waals surface area contributed by atoms with E-state index in [0.29, 0.717) is 0 Å². The molecule has 0 atom stereocenters. The molecule has 1 aromatic heterocycles. The van der Waals surface area contributed by atoms with Crippen LogP contribution in [-0.4, -0.2) is 31.2 Å². The minimum atomic E-state index is 0. The van der Waals surface area contributed by atoms with Crippen molar-refractivity contribution in [3.63, 3.8) is 0 Å². The van der Waals surface area contributed by atoms with Gasteiger partial charge in [-0.25, -0.2) is 0 Å². The normalized spacial score (nSPS) is 15.2. The Morgan fingerprint density at radius 1 is 1.15 bits per heavy atom. The fraction of sp³-hybridized carbons (Fsp3) is 0.400. The van der Waals surface area contributed by atoms with Gasteiger partial charge in [0.2, 0.25) is 0 Å². The summed E-state index contributed by atoms with van der Waals surface area (Å²) in [6, 6.07) is 6.19. The van der Waals surface area contributed by atoms with Crippen LogP contribution in [0.15, 0.2) is 18.2 Å². The van der Waals surface area contributed by atoms with Crippen LogP contribution in [0.4, 0.5) is 5.69 Å². The van der Waals surface area contributed by atoms with Gasteiger partial charge < -0.3 is 10.2 Å². The van der Waals surface area contributed by atoms with Crippen LogP contribution in [0.2, 0.25) is 5.02 Å². The highest BCUT2D eigenvalue weighted by Gasteiger charge is 2.15. The Labute approximate surface area is 130 Å². The van der Waals surface area contributed by atoms with E-state index in [-0.39, 0.29) is 12.4 Å². The average Bonchev–Trinajstić information content (AvgIpc) is 2.40. The summed E-state index contributed by atoms with van der Waals surface area (Å²) in [7, 11) is 0. The Balaban J connectivity index is 0.00000147. The van der Waals surface area contributed by atoms with Crippen molar-refractivity contribution in [3.8, 4) is 0 Å². The lowest BCUT2D eigenvalue weighted by atomic mass is 10.1. The lowest BCUT2D eigenvalue weighted by Crippen LogP contribution is -2.43. The molecule has 1 fully saturated rings. The molecule has 1 aliphatic rings.